The number of rotatable bonds is 4. The van der Waals surface area contributed by atoms with Crippen molar-refractivity contribution >= 4 is 11.8 Å². The summed E-state index contributed by atoms with van der Waals surface area (Å²) >= 11 is 0. The van der Waals surface area contributed by atoms with Crippen LogP contribution < -0.4 is 5.32 Å². The minimum Gasteiger partial charge on any atom is -0.464 e. The molecule has 0 saturated heterocycles. The van der Waals surface area contributed by atoms with Crippen LogP contribution in [-0.4, -0.2) is 30.3 Å². The van der Waals surface area contributed by atoms with Gasteiger partial charge >= 0.3 is 0 Å². The van der Waals surface area contributed by atoms with Crippen LogP contribution in [0.5, 0.6) is 0 Å². The molecular formula is C11H16N2O3. The van der Waals surface area contributed by atoms with E-state index >= 15 is 0 Å². The maximum Gasteiger partial charge on any atom is 0.242 e. The summed E-state index contributed by atoms with van der Waals surface area (Å²) in [4.78, 5) is 23.7. The molecule has 88 valence electrons. The van der Waals surface area contributed by atoms with Crippen LogP contribution in [0.15, 0.2) is 16.5 Å². The highest BCUT2D eigenvalue weighted by molar-refractivity contribution is 5.83. The van der Waals surface area contributed by atoms with Crippen molar-refractivity contribution in [1.29, 1.82) is 0 Å². The van der Waals surface area contributed by atoms with Gasteiger partial charge in [-0.25, -0.2) is 0 Å². The molecule has 0 unspecified atom stereocenters. The summed E-state index contributed by atoms with van der Waals surface area (Å²) in [7, 11) is 1.67. The molecule has 0 aliphatic rings. The number of likely N-dealkylation sites (N-methyl/N-ethyl adjacent to an activating group) is 1. The second-order valence-electron chi connectivity index (χ2n) is 3.67. The molecule has 0 bridgehead atoms. The van der Waals surface area contributed by atoms with Gasteiger partial charge in [0.1, 0.15) is 11.5 Å². The summed E-state index contributed by atoms with van der Waals surface area (Å²) in [5.41, 5.74) is 0. The Morgan fingerprint density at radius 3 is 2.62 bits per heavy atom. The monoisotopic (exact) mass is 224 g/mol. The molecule has 1 aromatic rings. The number of aryl methyl sites for hydroxylation is 1. The van der Waals surface area contributed by atoms with Crippen LogP contribution in [0.1, 0.15) is 18.4 Å². The zero-order valence-corrected chi connectivity index (χ0v) is 9.74. The van der Waals surface area contributed by atoms with Gasteiger partial charge in [-0.15, -0.1) is 0 Å². The van der Waals surface area contributed by atoms with Gasteiger partial charge in [0.15, 0.2) is 0 Å². The van der Waals surface area contributed by atoms with E-state index in [0.717, 1.165) is 11.5 Å². The third kappa shape index (κ3) is 3.76. The minimum atomic E-state index is -0.212. The number of furan rings is 1. The molecule has 1 rings (SSSR count). The number of nitrogens with one attached hydrogen (secondary N) is 1. The van der Waals surface area contributed by atoms with Gasteiger partial charge in [-0.05, 0) is 19.1 Å². The van der Waals surface area contributed by atoms with E-state index in [-0.39, 0.29) is 18.4 Å². The van der Waals surface area contributed by atoms with Gasteiger partial charge in [0.25, 0.3) is 0 Å². The molecule has 1 heterocycles. The van der Waals surface area contributed by atoms with Crippen LogP contribution >= 0.6 is 0 Å². The maximum atomic E-state index is 11.5. The van der Waals surface area contributed by atoms with Crippen molar-refractivity contribution in [3.8, 4) is 0 Å². The third-order valence-corrected chi connectivity index (χ3v) is 2.10. The van der Waals surface area contributed by atoms with E-state index in [2.05, 4.69) is 5.32 Å². The van der Waals surface area contributed by atoms with Crippen molar-refractivity contribution in [2.24, 2.45) is 0 Å². The average Bonchev–Trinajstić information content (AvgIpc) is 2.60. The van der Waals surface area contributed by atoms with Crippen molar-refractivity contribution < 1.29 is 14.0 Å². The Labute approximate surface area is 94.4 Å². The van der Waals surface area contributed by atoms with Gasteiger partial charge < -0.3 is 14.6 Å². The summed E-state index contributed by atoms with van der Waals surface area (Å²) in [6, 6.07) is 3.68. The first-order valence-corrected chi connectivity index (χ1v) is 5.02. The molecule has 0 spiro atoms. The van der Waals surface area contributed by atoms with Gasteiger partial charge in [0.2, 0.25) is 11.8 Å². The van der Waals surface area contributed by atoms with Crippen LogP contribution in [-0.2, 0) is 16.1 Å². The van der Waals surface area contributed by atoms with Crippen LogP contribution in [0.4, 0.5) is 0 Å². The standard InChI is InChI=1S/C11H16N2O3/c1-8-4-5-10(16-8)7-13(3)11(15)6-12-9(2)14/h4-5H,6-7H2,1-3H3,(H,12,14). The van der Waals surface area contributed by atoms with Crippen molar-refractivity contribution in [3.63, 3.8) is 0 Å². The Morgan fingerprint density at radius 1 is 1.44 bits per heavy atom. The third-order valence-electron chi connectivity index (χ3n) is 2.10. The van der Waals surface area contributed by atoms with Crippen molar-refractivity contribution in [2.45, 2.75) is 20.4 Å². The summed E-state index contributed by atoms with van der Waals surface area (Å²) in [6.45, 7) is 3.66. The Bertz CT molecular complexity index is 384. The Hall–Kier alpha value is -1.78. The highest BCUT2D eigenvalue weighted by Crippen LogP contribution is 2.08. The molecule has 2 amide bonds. The number of hydrogen-bond donors (Lipinski definition) is 1. The van der Waals surface area contributed by atoms with Gasteiger partial charge in [0.05, 0.1) is 13.1 Å². The van der Waals surface area contributed by atoms with Gasteiger partial charge in [-0.3, -0.25) is 9.59 Å². The van der Waals surface area contributed by atoms with E-state index in [4.69, 9.17) is 4.42 Å². The predicted octanol–water partition coefficient (Wildman–Crippen LogP) is 0.683. The number of hydrogen-bond acceptors (Lipinski definition) is 3. The smallest absolute Gasteiger partial charge is 0.242 e. The Kier molecular flexibility index (Phi) is 4.10. The van der Waals surface area contributed by atoms with E-state index in [1.807, 2.05) is 19.1 Å². The molecule has 0 aromatic carbocycles. The fourth-order valence-corrected chi connectivity index (χ4v) is 1.23. The lowest BCUT2D eigenvalue weighted by Gasteiger charge is -2.15. The van der Waals surface area contributed by atoms with Crippen molar-refractivity contribution in [3.05, 3.63) is 23.7 Å². The first-order chi connectivity index (χ1) is 7.49. The van der Waals surface area contributed by atoms with Crippen LogP contribution in [0, 0.1) is 6.92 Å². The summed E-state index contributed by atoms with van der Waals surface area (Å²) in [5.74, 6) is 1.19. The molecule has 0 aliphatic carbocycles. The van der Waals surface area contributed by atoms with Gasteiger partial charge in [-0.2, -0.15) is 0 Å². The van der Waals surface area contributed by atoms with Gasteiger partial charge in [0, 0.05) is 14.0 Å². The summed E-state index contributed by atoms with van der Waals surface area (Å²) < 4.78 is 5.35. The average molecular weight is 224 g/mol. The zero-order valence-electron chi connectivity index (χ0n) is 9.74. The number of nitrogens with zero attached hydrogens (tertiary/aromatic N) is 1. The van der Waals surface area contributed by atoms with Gasteiger partial charge in [-0.1, -0.05) is 0 Å². The van der Waals surface area contributed by atoms with Crippen molar-refractivity contribution in [2.75, 3.05) is 13.6 Å². The maximum absolute atomic E-state index is 11.5. The molecule has 1 N–H and O–H groups in total. The molecule has 0 saturated carbocycles. The van der Waals surface area contributed by atoms with E-state index in [1.165, 1.54) is 11.8 Å². The van der Waals surface area contributed by atoms with Crippen LogP contribution in [0.2, 0.25) is 0 Å². The molecule has 0 fully saturated rings. The second kappa shape index (κ2) is 5.34. The van der Waals surface area contributed by atoms with E-state index < -0.39 is 0 Å². The van der Waals surface area contributed by atoms with E-state index in [0.29, 0.717) is 6.54 Å². The number of carbonyl (C=O) groups is 2. The first-order valence-electron chi connectivity index (χ1n) is 5.02. The van der Waals surface area contributed by atoms with Crippen molar-refractivity contribution in [1.82, 2.24) is 10.2 Å². The Balaban J connectivity index is 2.42. The fraction of sp³-hybridized carbons (Fsp3) is 0.455. The minimum absolute atomic E-state index is 0.0194. The molecule has 16 heavy (non-hydrogen) atoms. The molecule has 5 nitrogen and oxygen atoms in total. The summed E-state index contributed by atoms with van der Waals surface area (Å²) in [5, 5.41) is 2.46. The quantitative estimate of drug-likeness (QED) is 0.818. The normalized spacial score (nSPS) is 9.94. The molecule has 0 aliphatic heterocycles. The highest BCUT2D eigenvalue weighted by Gasteiger charge is 2.11. The second-order valence-corrected chi connectivity index (χ2v) is 3.67. The van der Waals surface area contributed by atoms with E-state index in [1.54, 1.807) is 7.05 Å². The lowest BCUT2D eigenvalue weighted by atomic mass is 10.4. The summed E-state index contributed by atoms with van der Waals surface area (Å²) in [6.07, 6.45) is 0. The zero-order chi connectivity index (χ0) is 12.1. The lowest BCUT2D eigenvalue weighted by Crippen LogP contribution is -2.36. The molecular weight excluding hydrogens is 208 g/mol. The predicted molar refractivity (Wildman–Crippen MR) is 58.6 cm³/mol. The Morgan fingerprint density at radius 2 is 2.12 bits per heavy atom. The topological polar surface area (TPSA) is 62.6 Å². The van der Waals surface area contributed by atoms with E-state index in [9.17, 15) is 9.59 Å². The first kappa shape index (κ1) is 12.3. The van der Waals surface area contributed by atoms with Crippen LogP contribution in [0.25, 0.3) is 0 Å². The lowest BCUT2D eigenvalue weighted by molar-refractivity contribution is -0.132. The fourth-order valence-electron chi connectivity index (χ4n) is 1.23. The number of amides is 2. The molecule has 5 heteroatoms. The molecule has 0 atom stereocenters. The SMILES string of the molecule is CC(=O)NCC(=O)N(C)Cc1ccc(C)o1. The highest BCUT2D eigenvalue weighted by atomic mass is 16.3. The van der Waals surface area contributed by atoms with Crippen LogP contribution in [0.3, 0.4) is 0 Å². The molecule has 1 aromatic heterocycles. The number of carbonyl (C=O) groups excluding carboxylic acids is 2. The largest absolute Gasteiger partial charge is 0.464 e. The molecule has 0 radical (unpaired) electrons.